The van der Waals surface area contributed by atoms with E-state index >= 15 is 0 Å². The van der Waals surface area contributed by atoms with E-state index in [2.05, 4.69) is 33.1 Å². The fraction of sp³-hybridized carbons (Fsp3) is 0.289. The molecule has 0 radical (unpaired) electrons. The number of hydrogen-bond donors (Lipinski definition) is 1. The molecule has 1 fully saturated rings. The largest absolute Gasteiger partial charge is 0.493 e. The van der Waals surface area contributed by atoms with Gasteiger partial charge in [-0.1, -0.05) is 66.7 Å². The molecule has 0 spiro atoms. The van der Waals surface area contributed by atoms with E-state index in [0.29, 0.717) is 31.2 Å². The van der Waals surface area contributed by atoms with Crippen LogP contribution in [-0.2, 0) is 22.7 Å². The zero-order valence-electron chi connectivity index (χ0n) is 26.2. The van der Waals surface area contributed by atoms with Crippen molar-refractivity contribution in [3.8, 4) is 11.5 Å². The Balaban J connectivity index is 1.32. The lowest BCUT2D eigenvalue weighted by molar-refractivity contribution is -0.121. The van der Waals surface area contributed by atoms with Gasteiger partial charge in [0.1, 0.15) is 12.4 Å². The third-order valence-electron chi connectivity index (χ3n) is 8.53. The van der Waals surface area contributed by atoms with Crippen LogP contribution in [0.5, 0.6) is 11.5 Å². The van der Waals surface area contributed by atoms with Crippen LogP contribution in [0, 0.1) is 5.82 Å². The van der Waals surface area contributed by atoms with Crippen LogP contribution in [0.2, 0.25) is 0 Å². The average Bonchev–Trinajstić information content (AvgIpc) is 3.46. The molecule has 4 aromatic carbocycles. The van der Waals surface area contributed by atoms with E-state index in [1.807, 2.05) is 72.8 Å². The van der Waals surface area contributed by atoms with E-state index in [0.717, 1.165) is 66.0 Å². The molecule has 6 rings (SSSR count). The number of rotatable bonds is 13. The van der Waals surface area contributed by atoms with Crippen molar-refractivity contribution in [1.29, 1.82) is 0 Å². The number of amides is 1. The number of hydrogen-bond acceptors (Lipinski definition) is 5. The Hall–Kier alpha value is -4.66. The average molecular weight is 622 g/mol. The van der Waals surface area contributed by atoms with Gasteiger partial charge in [-0.2, -0.15) is 0 Å². The standard InChI is InChI=1S/C38H40FN3O4/c1-44-36-16-13-30(23-37(36)46-27-29-7-3-2-4-8-29)33(24-38(43)40-17-18-41-19-21-45-22-20-41)34-26-42(35-10-6-5-9-32(34)35)25-28-11-14-31(39)15-12-28/h2-16,23,26,33H,17-22,24-25,27H2,1H3,(H,40,43). The van der Waals surface area contributed by atoms with Crippen LogP contribution >= 0.6 is 0 Å². The van der Waals surface area contributed by atoms with E-state index in [-0.39, 0.29) is 24.1 Å². The van der Waals surface area contributed by atoms with Gasteiger partial charge in [0.2, 0.25) is 5.91 Å². The number of nitrogens with zero attached hydrogens (tertiary/aromatic N) is 2. The highest BCUT2D eigenvalue weighted by atomic mass is 19.1. The summed E-state index contributed by atoms with van der Waals surface area (Å²) in [5.41, 5.74) is 5.09. The van der Waals surface area contributed by atoms with Gasteiger partial charge in [-0.3, -0.25) is 9.69 Å². The molecule has 2 heterocycles. The van der Waals surface area contributed by atoms with Gasteiger partial charge in [0.25, 0.3) is 0 Å². The van der Waals surface area contributed by atoms with Gasteiger partial charge >= 0.3 is 0 Å². The first kappa shape index (κ1) is 31.3. The molecule has 1 amide bonds. The Kier molecular flexibility index (Phi) is 10.3. The number of carbonyl (C=O) groups is 1. The van der Waals surface area contributed by atoms with Gasteiger partial charge in [-0.25, -0.2) is 4.39 Å². The van der Waals surface area contributed by atoms with E-state index in [9.17, 15) is 9.18 Å². The summed E-state index contributed by atoms with van der Waals surface area (Å²) < 4.78 is 33.2. The van der Waals surface area contributed by atoms with Gasteiger partial charge in [-0.05, 0) is 52.6 Å². The summed E-state index contributed by atoms with van der Waals surface area (Å²) >= 11 is 0. The smallest absolute Gasteiger partial charge is 0.220 e. The molecule has 7 nitrogen and oxygen atoms in total. The Morgan fingerprint density at radius 2 is 1.67 bits per heavy atom. The molecule has 1 saturated heterocycles. The molecule has 1 N–H and O–H groups in total. The number of benzene rings is 4. The number of carbonyl (C=O) groups excluding carboxylic acids is 1. The third-order valence-corrected chi connectivity index (χ3v) is 8.53. The molecule has 5 aromatic rings. The number of ether oxygens (including phenoxy) is 3. The second-order valence-electron chi connectivity index (χ2n) is 11.6. The molecule has 1 atom stereocenters. The molecule has 1 aliphatic heterocycles. The van der Waals surface area contributed by atoms with Crippen LogP contribution in [0.4, 0.5) is 4.39 Å². The van der Waals surface area contributed by atoms with Crippen LogP contribution in [0.15, 0.2) is 103 Å². The van der Waals surface area contributed by atoms with Crippen LogP contribution in [0.1, 0.15) is 34.6 Å². The van der Waals surface area contributed by atoms with Crippen LogP contribution in [-0.4, -0.2) is 61.9 Å². The molecule has 1 aromatic heterocycles. The number of aromatic nitrogens is 1. The summed E-state index contributed by atoms with van der Waals surface area (Å²) in [6.07, 6.45) is 2.40. The SMILES string of the molecule is COc1ccc(C(CC(=O)NCCN2CCOCC2)c2cn(Cc3ccc(F)cc3)c3ccccc23)cc1OCc1ccccc1. The Bertz CT molecular complexity index is 1730. The molecular formula is C38H40FN3O4. The zero-order valence-corrected chi connectivity index (χ0v) is 26.2. The number of nitrogens with one attached hydrogen (secondary N) is 1. The van der Waals surface area contributed by atoms with Crippen molar-refractivity contribution in [1.82, 2.24) is 14.8 Å². The van der Waals surface area contributed by atoms with Crippen molar-refractivity contribution in [3.63, 3.8) is 0 Å². The monoisotopic (exact) mass is 621 g/mol. The molecule has 1 aliphatic rings. The molecule has 1 unspecified atom stereocenters. The van der Waals surface area contributed by atoms with Gasteiger partial charge in [0.05, 0.1) is 20.3 Å². The minimum Gasteiger partial charge on any atom is -0.493 e. The summed E-state index contributed by atoms with van der Waals surface area (Å²) in [4.78, 5) is 15.9. The lowest BCUT2D eigenvalue weighted by Gasteiger charge is -2.26. The highest BCUT2D eigenvalue weighted by molar-refractivity contribution is 5.87. The fourth-order valence-corrected chi connectivity index (χ4v) is 6.07. The van der Waals surface area contributed by atoms with Crippen LogP contribution in [0.3, 0.4) is 0 Å². The van der Waals surface area contributed by atoms with Gasteiger partial charge in [-0.15, -0.1) is 0 Å². The highest BCUT2D eigenvalue weighted by Crippen LogP contribution is 2.39. The third kappa shape index (κ3) is 7.76. The second kappa shape index (κ2) is 15.1. The van der Waals surface area contributed by atoms with Crippen LogP contribution in [0.25, 0.3) is 10.9 Å². The topological polar surface area (TPSA) is 65.0 Å². The maximum absolute atomic E-state index is 13.7. The fourth-order valence-electron chi connectivity index (χ4n) is 6.07. The summed E-state index contributed by atoms with van der Waals surface area (Å²) in [5, 5.41) is 4.23. The first-order valence-corrected chi connectivity index (χ1v) is 15.8. The van der Waals surface area contributed by atoms with Gasteiger partial charge in [0, 0.05) is 62.2 Å². The Morgan fingerprint density at radius 1 is 0.913 bits per heavy atom. The molecule has 46 heavy (non-hydrogen) atoms. The summed E-state index contributed by atoms with van der Waals surface area (Å²) in [7, 11) is 1.63. The quantitative estimate of drug-likeness (QED) is 0.165. The Labute approximate surface area is 269 Å². The van der Waals surface area contributed by atoms with Crippen molar-refractivity contribution >= 4 is 16.8 Å². The zero-order chi connectivity index (χ0) is 31.7. The minimum absolute atomic E-state index is 0.0174. The number of fused-ring (bicyclic) bond motifs is 1. The van der Waals surface area contributed by atoms with Crippen molar-refractivity contribution in [2.45, 2.75) is 25.5 Å². The lowest BCUT2D eigenvalue weighted by atomic mass is 9.87. The second-order valence-corrected chi connectivity index (χ2v) is 11.6. The number of morpholine rings is 1. The molecule has 0 bridgehead atoms. The van der Waals surface area contributed by atoms with Gasteiger partial charge in [0.15, 0.2) is 11.5 Å². The highest BCUT2D eigenvalue weighted by Gasteiger charge is 2.24. The van der Waals surface area contributed by atoms with Gasteiger partial charge < -0.3 is 24.1 Å². The van der Waals surface area contributed by atoms with Crippen molar-refractivity contribution in [3.05, 3.63) is 131 Å². The Morgan fingerprint density at radius 3 is 2.46 bits per heavy atom. The van der Waals surface area contributed by atoms with E-state index in [1.165, 1.54) is 12.1 Å². The number of methoxy groups -OCH3 is 1. The first-order valence-electron chi connectivity index (χ1n) is 15.8. The number of para-hydroxylation sites is 1. The molecular weight excluding hydrogens is 581 g/mol. The molecule has 0 aliphatic carbocycles. The summed E-state index contributed by atoms with van der Waals surface area (Å²) in [6.45, 7) is 5.54. The van der Waals surface area contributed by atoms with Crippen LogP contribution < -0.4 is 14.8 Å². The molecule has 238 valence electrons. The predicted molar refractivity (Wildman–Crippen MR) is 178 cm³/mol. The maximum atomic E-state index is 13.7. The molecule has 8 heteroatoms. The van der Waals surface area contributed by atoms with Crippen molar-refractivity contribution < 1.29 is 23.4 Å². The minimum atomic E-state index is -0.258. The van der Waals surface area contributed by atoms with Crippen molar-refractivity contribution in [2.24, 2.45) is 0 Å². The maximum Gasteiger partial charge on any atom is 0.220 e. The summed E-state index contributed by atoms with van der Waals surface area (Å²) in [6, 6.07) is 30.8. The van der Waals surface area contributed by atoms with E-state index in [1.54, 1.807) is 7.11 Å². The predicted octanol–water partition coefficient (Wildman–Crippen LogP) is 6.39. The van der Waals surface area contributed by atoms with Crippen molar-refractivity contribution in [2.75, 3.05) is 46.5 Å². The lowest BCUT2D eigenvalue weighted by Crippen LogP contribution is -2.41. The molecule has 0 saturated carbocycles. The van der Waals surface area contributed by atoms with E-state index < -0.39 is 0 Å². The normalized spacial score (nSPS) is 14.2. The van der Waals surface area contributed by atoms with E-state index in [4.69, 9.17) is 14.2 Å². The first-order chi connectivity index (χ1) is 22.6. The number of halogens is 1. The summed E-state index contributed by atoms with van der Waals surface area (Å²) in [5.74, 6) is 0.721.